The van der Waals surface area contributed by atoms with Gasteiger partial charge in [0.05, 0.1) is 11.9 Å². The number of rotatable bonds is 6. The first-order valence-corrected chi connectivity index (χ1v) is 8.21. The van der Waals surface area contributed by atoms with E-state index in [4.69, 9.17) is 0 Å². The highest BCUT2D eigenvalue weighted by atomic mass is 79.9. The summed E-state index contributed by atoms with van der Waals surface area (Å²) in [6, 6.07) is 1.51. The van der Waals surface area contributed by atoms with E-state index in [0.717, 1.165) is 6.42 Å². The Balaban J connectivity index is 2.36. The molecule has 0 aliphatic heterocycles. The molecule has 108 valence electrons. The number of aromatic amines is 1. The van der Waals surface area contributed by atoms with E-state index in [0.29, 0.717) is 22.5 Å². The molecule has 0 aliphatic rings. The van der Waals surface area contributed by atoms with Crippen molar-refractivity contribution < 1.29 is 8.42 Å². The van der Waals surface area contributed by atoms with Gasteiger partial charge in [0.25, 0.3) is 10.0 Å². The fraction of sp³-hybridized carbons (Fsp3) is 0.273. The molecule has 0 fully saturated rings. The number of sulfonamides is 1. The molecule has 0 bridgehead atoms. The van der Waals surface area contributed by atoms with Crippen LogP contribution in [0.1, 0.15) is 13.3 Å². The zero-order valence-electron chi connectivity index (χ0n) is 10.7. The molecule has 2 rings (SSSR count). The Hall–Kier alpha value is -1.61. The fourth-order valence-electron chi connectivity index (χ4n) is 1.52. The Kier molecular flexibility index (Phi) is 4.61. The van der Waals surface area contributed by atoms with Crippen molar-refractivity contribution in [2.75, 3.05) is 16.6 Å². The second-order valence-corrected chi connectivity index (χ2v) is 6.59. The third-order valence-corrected chi connectivity index (χ3v) is 4.23. The van der Waals surface area contributed by atoms with Gasteiger partial charge in [0.1, 0.15) is 10.7 Å². The molecule has 0 aliphatic carbocycles. The van der Waals surface area contributed by atoms with Gasteiger partial charge in [-0.15, -0.1) is 0 Å². The van der Waals surface area contributed by atoms with Crippen molar-refractivity contribution in [3.05, 3.63) is 29.1 Å². The van der Waals surface area contributed by atoms with E-state index in [9.17, 15) is 8.42 Å². The van der Waals surface area contributed by atoms with Crippen molar-refractivity contribution in [1.82, 2.24) is 15.2 Å². The Morgan fingerprint density at radius 3 is 2.85 bits per heavy atom. The van der Waals surface area contributed by atoms with Crippen molar-refractivity contribution >= 4 is 37.5 Å². The second kappa shape index (κ2) is 6.23. The zero-order valence-corrected chi connectivity index (χ0v) is 13.1. The van der Waals surface area contributed by atoms with Gasteiger partial charge >= 0.3 is 0 Å². The predicted molar refractivity (Wildman–Crippen MR) is 80.1 cm³/mol. The molecule has 0 atom stereocenters. The topological polar surface area (TPSA) is 99.8 Å². The number of nitrogens with one attached hydrogen (secondary N) is 3. The largest absolute Gasteiger partial charge is 0.369 e. The van der Waals surface area contributed by atoms with Crippen LogP contribution in [0.4, 0.5) is 11.5 Å². The van der Waals surface area contributed by atoms with E-state index in [-0.39, 0.29) is 4.90 Å². The summed E-state index contributed by atoms with van der Waals surface area (Å²) in [4.78, 5) is 4.20. The summed E-state index contributed by atoms with van der Waals surface area (Å²) in [5, 5.41) is 9.25. The summed E-state index contributed by atoms with van der Waals surface area (Å²) in [5.41, 5.74) is 0.367. The van der Waals surface area contributed by atoms with Crippen molar-refractivity contribution in [3.8, 4) is 0 Å². The highest BCUT2D eigenvalue weighted by Gasteiger charge is 2.20. The van der Waals surface area contributed by atoms with Crippen molar-refractivity contribution in [1.29, 1.82) is 0 Å². The molecule has 20 heavy (non-hydrogen) atoms. The molecule has 2 aromatic rings. The number of aromatic nitrogens is 3. The van der Waals surface area contributed by atoms with E-state index < -0.39 is 10.0 Å². The first-order valence-electron chi connectivity index (χ1n) is 5.94. The lowest BCUT2D eigenvalue weighted by atomic mass is 10.4. The zero-order chi connectivity index (χ0) is 14.6. The highest BCUT2D eigenvalue weighted by molar-refractivity contribution is 9.10. The Morgan fingerprint density at radius 1 is 1.40 bits per heavy atom. The monoisotopic (exact) mass is 359 g/mol. The number of anilines is 2. The summed E-state index contributed by atoms with van der Waals surface area (Å²) in [7, 11) is -3.73. The van der Waals surface area contributed by atoms with Gasteiger partial charge in [-0.3, -0.25) is 9.82 Å². The first kappa shape index (κ1) is 14.8. The minimum atomic E-state index is -3.73. The average Bonchev–Trinajstić information content (AvgIpc) is 2.89. The molecule has 3 N–H and O–H groups in total. The van der Waals surface area contributed by atoms with Gasteiger partial charge in [-0.1, -0.05) is 6.92 Å². The van der Waals surface area contributed by atoms with E-state index in [2.05, 4.69) is 41.2 Å². The van der Waals surface area contributed by atoms with Crippen LogP contribution < -0.4 is 10.0 Å². The van der Waals surface area contributed by atoms with Crippen LogP contribution in [0.5, 0.6) is 0 Å². The van der Waals surface area contributed by atoms with Crippen LogP contribution in [0.2, 0.25) is 0 Å². The standard InChI is InChI=1S/C11H14BrN5O2S/c1-2-3-13-11-10(4-8(12)5-14-11)20(18,19)17-9-6-15-16-7-9/h4-7,17H,2-3H2,1H3,(H,13,14)(H,15,16). The van der Waals surface area contributed by atoms with Gasteiger partial charge in [0.15, 0.2) is 0 Å². The van der Waals surface area contributed by atoms with Gasteiger partial charge in [-0.05, 0) is 28.4 Å². The van der Waals surface area contributed by atoms with Gasteiger partial charge in [0.2, 0.25) is 0 Å². The Labute approximate surface area is 125 Å². The lowest BCUT2D eigenvalue weighted by Gasteiger charge is -2.12. The smallest absolute Gasteiger partial charge is 0.265 e. The summed E-state index contributed by atoms with van der Waals surface area (Å²) >= 11 is 3.23. The molecule has 0 amide bonds. The second-order valence-electron chi connectivity index (χ2n) is 4.02. The van der Waals surface area contributed by atoms with Crippen LogP contribution in [-0.2, 0) is 10.0 Å². The normalized spacial score (nSPS) is 11.3. The van der Waals surface area contributed by atoms with E-state index >= 15 is 0 Å². The van der Waals surface area contributed by atoms with Crippen LogP contribution in [0.25, 0.3) is 0 Å². The minimum Gasteiger partial charge on any atom is -0.369 e. The molecule has 0 radical (unpaired) electrons. The van der Waals surface area contributed by atoms with E-state index in [1.807, 2.05) is 6.92 Å². The Bertz CT molecular complexity index is 672. The van der Waals surface area contributed by atoms with Gasteiger partial charge in [0, 0.05) is 23.4 Å². The quantitative estimate of drug-likeness (QED) is 0.733. The Morgan fingerprint density at radius 2 is 2.20 bits per heavy atom. The van der Waals surface area contributed by atoms with Crippen LogP contribution >= 0.6 is 15.9 Å². The molecule has 2 aromatic heterocycles. The molecule has 9 heteroatoms. The van der Waals surface area contributed by atoms with Gasteiger partial charge in [-0.2, -0.15) is 5.10 Å². The number of hydrogen-bond donors (Lipinski definition) is 3. The first-order chi connectivity index (χ1) is 9.53. The van der Waals surface area contributed by atoms with Crippen LogP contribution in [0.3, 0.4) is 0 Å². The third kappa shape index (κ3) is 3.48. The number of nitrogens with zero attached hydrogens (tertiary/aromatic N) is 2. The molecule has 0 saturated carbocycles. The molecular formula is C11H14BrN5O2S. The molecule has 0 saturated heterocycles. The maximum absolute atomic E-state index is 12.4. The lowest BCUT2D eigenvalue weighted by molar-refractivity contribution is 0.601. The number of H-pyrrole nitrogens is 1. The third-order valence-electron chi connectivity index (χ3n) is 2.40. The SMILES string of the molecule is CCCNc1ncc(Br)cc1S(=O)(=O)Nc1cn[nH]c1. The molecule has 2 heterocycles. The maximum Gasteiger partial charge on any atom is 0.265 e. The van der Waals surface area contributed by atoms with Crippen molar-refractivity contribution in [2.45, 2.75) is 18.2 Å². The average molecular weight is 360 g/mol. The minimum absolute atomic E-state index is 0.0847. The fourth-order valence-corrected chi connectivity index (χ4v) is 3.19. The van der Waals surface area contributed by atoms with Crippen molar-refractivity contribution in [3.63, 3.8) is 0 Å². The van der Waals surface area contributed by atoms with E-state index in [1.54, 1.807) is 6.20 Å². The molecule has 0 aromatic carbocycles. The number of halogens is 1. The summed E-state index contributed by atoms with van der Waals surface area (Å²) in [6.07, 6.45) is 5.27. The van der Waals surface area contributed by atoms with Crippen LogP contribution in [0, 0.1) is 0 Å². The van der Waals surface area contributed by atoms with E-state index in [1.165, 1.54) is 18.5 Å². The van der Waals surface area contributed by atoms with Crippen LogP contribution in [0.15, 0.2) is 34.0 Å². The molecular weight excluding hydrogens is 346 g/mol. The highest BCUT2D eigenvalue weighted by Crippen LogP contribution is 2.24. The van der Waals surface area contributed by atoms with Gasteiger partial charge < -0.3 is 5.32 Å². The molecule has 0 spiro atoms. The summed E-state index contributed by atoms with van der Waals surface area (Å²) in [6.45, 7) is 2.63. The summed E-state index contributed by atoms with van der Waals surface area (Å²) < 4.78 is 27.8. The lowest BCUT2D eigenvalue weighted by Crippen LogP contribution is -2.16. The summed E-state index contributed by atoms with van der Waals surface area (Å²) in [5.74, 6) is 0.325. The predicted octanol–water partition coefficient (Wildman–Crippen LogP) is 2.19. The number of hydrogen-bond acceptors (Lipinski definition) is 5. The number of pyridine rings is 1. The van der Waals surface area contributed by atoms with Crippen molar-refractivity contribution in [2.24, 2.45) is 0 Å². The molecule has 0 unspecified atom stereocenters. The van der Waals surface area contributed by atoms with Gasteiger partial charge in [-0.25, -0.2) is 13.4 Å². The maximum atomic E-state index is 12.4. The van der Waals surface area contributed by atoms with Crippen LogP contribution in [-0.4, -0.2) is 30.1 Å². The molecule has 7 nitrogen and oxygen atoms in total.